The molecule has 0 spiro atoms. The van der Waals surface area contributed by atoms with Gasteiger partial charge in [0.05, 0.1) is 11.5 Å². The van der Waals surface area contributed by atoms with Gasteiger partial charge in [-0.15, -0.1) is 6.58 Å². The van der Waals surface area contributed by atoms with Crippen molar-refractivity contribution < 1.29 is 9.66 Å². The van der Waals surface area contributed by atoms with Crippen molar-refractivity contribution in [2.24, 2.45) is 0 Å². The number of nitrogens with zero attached hydrogens (tertiary/aromatic N) is 1. The zero-order valence-electron chi connectivity index (χ0n) is 9.81. The molecule has 1 aromatic carbocycles. The summed E-state index contributed by atoms with van der Waals surface area (Å²) in [6, 6.07) is 4.98. The number of para-hydroxylation sites is 1. The van der Waals surface area contributed by atoms with Crippen molar-refractivity contribution in [3.8, 4) is 5.75 Å². The Bertz CT molecular complexity index is 405. The molecule has 5 nitrogen and oxygen atoms in total. The zero-order chi connectivity index (χ0) is 12.7. The van der Waals surface area contributed by atoms with Crippen LogP contribution in [0.5, 0.6) is 5.75 Å². The molecule has 1 aromatic rings. The van der Waals surface area contributed by atoms with Crippen LogP contribution in [0.1, 0.15) is 13.3 Å². The molecule has 5 heteroatoms. The van der Waals surface area contributed by atoms with Gasteiger partial charge in [-0.05, 0) is 18.6 Å². The second kappa shape index (κ2) is 6.52. The smallest absolute Gasteiger partial charge is 0.333 e. The fourth-order valence-corrected chi connectivity index (χ4v) is 1.36. The molecule has 0 radical (unpaired) electrons. The van der Waals surface area contributed by atoms with Gasteiger partial charge in [-0.1, -0.05) is 19.1 Å². The highest BCUT2D eigenvalue weighted by Crippen LogP contribution is 2.34. The van der Waals surface area contributed by atoms with Crippen LogP contribution in [0.25, 0.3) is 0 Å². The Labute approximate surface area is 100 Å². The highest BCUT2D eigenvalue weighted by atomic mass is 16.6. The molecule has 0 saturated heterocycles. The summed E-state index contributed by atoms with van der Waals surface area (Å²) in [5.74, 6) is 0.297. The van der Waals surface area contributed by atoms with Gasteiger partial charge in [0.1, 0.15) is 5.69 Å². The first-order valence-electron chi connectivity index (χ1n) is 5.45. The summed E-state index contributed by atoms with van der Waals surface area (Å²) in [4.78, 5) is 10.6. The maximum Gasteiger partial charge on any atom is 0.333 e. The van der Waals surface area contributed by atoms with Gasteiger partial charge in [0.25, 0.3) is 0 Å². The summed E-state index contributed by atoms with van der Waals surface area (Å²) in [5, 5.41) is 13.9. The molecular weight excluding hydrogens is 220 g/mol. The third kappa shape index (κ3) is 3.48. The SMILES string of the molecule is C=CCNc1cccc(OCCC)c1[N+](=O)[O-]. The fraction of sp³-hybridized carbons (Fsp3) is 0.333. The molecule has 0 aliphatic heterocycles. The fourth-order valence-electron chi connectivity index (χ4n) is 1.36. The van der Waals surface area contributed by atoms with Crippen molar-refractivity contribution in [2.45, 2.75) is 13.3 Å². The van der Waals surface area contributed by atoms with Crippen LogP contribution in [0, 0.1) is 10.1 Å². The van der Waals surface area contributed by atoms with Crippen molar-refractivity contribution in [3.05, 3.63) is 41.0 Å². The van der Waals surface area contributed by atoms with Gasteiger partial charge in [0.15, 0.2) is 5.75 Å². The third-order valence-corrected chi connectivity index (χ3v) is 2.08. The molecule has 0 fully saturated rings. The number of nitrogens with one attached hydrogen (secondary N) is 1. The minimum atomic E-state index is -0.434. The molecule has 0 aliphatic carbocycles. The molecule has 0 atom stereocenters. The minimum absolute atomic E-state index is 0.0252. The van der Waals surface area contributed by atoms with E-state index in [1.54, 1.807) is 24.3 Å². The average molecular weight is 236 g/mol. The van der Waals surface area contributed by atoms with E-state index in [-0.39, 0.29) is 5.69 Å². The number of rotatable bonds is 7. The quantitative estimate of drug-likeness (QED) is 0.449. The van der Waals surface area contributed by atoms with Crippen LogP contribution in [0.4, 0.5) is 11.4 Å². The van der Waals surface area contributed by atoms with Gasteiger partial charge in [-0.3, -0.25) is 10.1 Å². The minimum Gasteiger partial charge on any atom is -0.487 e. The van der Waals surface area contributed by atoms with E-state index in [1.807, 2.05) is 6.92 Å². The second-order valence-corrected chi connectivity index (χ2v) is 3.43. The summed E-state index contributed by atoms with van der Waals surface area (Å²) in [7, 11) is 0. The molecule has 0 amide bonds. The van der Waals surface area contributed by atoms with E-state index in [0.29, 0.717) is 24.6 Å². The summed E-state index contributed by atoms with van der Waals surface area (Å²) in [5.41, 5.74) is 0.423. The molecule has 0 aliphatic rings. The van der Waals surface area contributed by atoms with Crippen molar-refractivity contribution >= 4 is 11.4 Å². The van der Waals surface area contributed by atoms with Crippen molar-refractivity contribution in [2.75, 3.05) is 18.5 Å². The number of hydrogen-bond donors (Lipinski definition) is 1. The lowest BCUT2D eigenvalue weighted by atomic mass is 10.2. The Hall–Kier alpha value is -2.04. The Morgan fingerprint density at radius 3 is 2.94 bits per heavy atom. The molecule has 0 unspecified atom stereocenters. The molecule has 92 valence electrons. The van der Waals surface area contributed by atoms with Gasteiger partial charge in [-0.25, -0.2) is 0 Å². The highest BCUT2D eigenvalue weighted by molar-refractivity contribution is 5.68. The predicted octanol–water partition coefficient (Wildman–Crippen LogP) is 2.98. The summed E-state index contributed by atoms with van der Waals surface area (Å²) < 4.78 is 5.36. The lowest BCUT2D eigenvalue weighted by Gasteiger charge is -2.09. The molecule has 0 aromatic heterocycles. The Balaban J connectivity index is 3.03. The van der Waals surface area contributed by atoms with Crippen LogP contribution in [0.2, 0.25) is 0 Å². The predicted molar refractivity (Wildman–Crippen MR) is 67.6 cm³/mol. The van der Waals surface area contributed by atoms with Gasteiger partial charge in [0.2, 0.25) is 0 Å². The molecule has 17 heavy (non-hydrogen) atoms. The van der Waals surface area contributed by atoms with E-state index < -0.39 is 4.92 Å². The molecule has 0 heterocycles. The normalized spacial score (nSPS) is 9.71. The van der Waals surface area contributed by atoms with Crippen LogP contribution in [0.3, 0.4) is 0 Å². The second-order valence-electron chi connectivity index (χ2n) is 3.43. The monoisotopic (exact) mass is 236 g/mol. The number of benzene rings is 1. The molecule has 0 saturated carbocycles. The summed E-state index contributed by atoms with van der Waals surface area (Å²) >= 11 is 0. The zero-order valence-corrected chi connectivity index (χ0v) is 9.81. The van der Waals surface area contributed by atoms with E-state index in [2.05, 4.69) is 11.9 Å². The van der Waals surface area contributed by atoms with Crippen LogP contribution >= 0.6 is 0 Å². The number of anilines is 1. The first-order valence-corrected chi connectivity index (χ1v) is 5.45. The Morgan fingerprint density at radius 2 is 2.35 bits per heavy atom. The Kier molecular flexibility index (Phi) is 5.00. The van der Waals surface area contributed by atoms with Crippen LogP contribution in [-0.2, 0) is 0 Å². The molecule has 1 rings (SSSR count). The summed E-state index contributed by atoms with van der Waals surface area (Å²) in [6.45, 7) is 6.44. The maximum absolute atomic E-state index is 11.0. The molecular formula is C12H16N2O3. The van der Waals surface area contributed by atoms with E-state index in [4.69, 9.17) is 4.74 Å². The Morgan fingerprint density at radius 1 is 1.59 bits per heavy atom. The van der Waals surface area contributed by atoms with Crippen molar-refractivity contribution in [1.29, 1.82) is 0 Å². The van der Waals surface area contributed by atoms with Crippen molar-refractivity contribution in [1.82, 2.24) is 0 Å². The van der Waals surface area contributed by atoms with E-state index >= 15 is 0 Å². The number of nitro groups is 1. The lowest BCUT2D eigenvalue weighted by molar-refractivity contribution is -0.384. The van der Waals surface area contributed by atoms with E-state index in [1.165, 1.54) is 0 Å². The summed E-state index contributed by atoms with van der Waals surface area (Å²) in [6.07, 6.45) is 2.45. The number of hydrogen-bond acceptors (Lipinski definition) is 4. The highest BCUT2D eigenvalue weighted by Gasteiger charge is 2.20. The first-order chi connectivity index (χ1) is 8.20. The molecule has 0 bridgehead atoms. The van der Waals surface area contributed by atoms with E-state index in [0.717, 1.165) is 6.42 Å². The van der Waals surface area contributed by atoms with Crippen molar-refractivity contribution in [3.63, 3.8) is 0 Å². The van der Waals surface area contributed by atoms with Gasteiger partial charge in [-0.2, -0.15) is 0 Å². The van der Waals surface area contributed by atoms with Gasteiger partial charge >= 0.3 is 5.69 Å². The van der Waals surface area contributed by atoms with E-state index in [9.17, 15) is 10.1 Å². The molecule has 1 N–H and O–H groups in total. The average Bonchev–Trinajstić information content (AvgIpc) is 2.33. The lowest BCUT2D eigenvalue weighted by Crippen LogP contribution is -2.05. The van der Waals surface area contributed by atoms with Gasteiger partial charge < -0.3 is 10.1 Å². The number of ether oxygens (including phenoxy) is 1. The topological polar surface area (TPSA) is 64.4 Å². The van der Waals surface area contributed by atoms with Crippen LogP contribution < -0.4 is 10.1 Å². The first kappa shape index (κ1) is 13.0. The third-order valence-electron chi connectivity index (χ3n) is 2.08. The largest absolute Gasteiger partial charge is 0.487 e. The number of nitro benzene ring substituents is 1. The standard InChI is InChI=1S/C12H16N2O3/c1-3-8-13-10-6-5-7-11(17-9-4-2)12(10)14(15)16/h3,5-7,13H,1,4,8-9H2,2H3. The van der Waals surface area contributed by atoms with Crippen LogP contribution in [-0.4, -0.2) is 18.1 Å². The van der Waals surface area contributed by atoms with Gasteiger partial charge in [0, 0.05) is 6.54 Å². The maximum atomic E-state index is 11.0. The van der Waals surface area contributed by atoms with Crippen LogP contribution in [0.15, 0.2) is 30.9 Å².